The number of nitrogens with two attached hydrogens (primary N) is 1. The lowest BCUT2D eigenvalue weighted by Gasteiger charge is -2.20. The van der Waals surface area contributed by atoms with Gasteiger partial charge in [-0.2, -0.15) is 0 Å². The van der Waals surface area contributed by atoms with Crippen LogP contribution in [0.25, 0.3) is 0 Å². The molecule has 0 aromatic rings. The van der Waals surface area contributed by atoms with Gasteiger partial charge in [0.05, 0.1) is 6.10 Å². The molecule has 0 rings (SSSR count). The molecule has 0 aromatic carbocycles. The van der Waals surface area contributed by atoms with Gasteiger partial charge in [-0.1, -0.05) is 46.5 Å². The van der Waals surface area contributed by atoms with Gasteiger partial charge in [0, 0.05) is 6.04 Å². The van der Waals surface area contributed by atoms with Crippen LogP contribution in [0, 0.1) is 5.92 Å². The van der Waals surface area contributed by atoms with Crippen LogP contribution in [0.1, 0.15) is 59.3 Å². The Balaban J connectivity index is 3.46. The predicted molar refractivity (Wildman–Crippen MR) is 62.2 cm³/mol. The van der Waals surface area contributed by atoms with Gasteiger partial charge in [-0.25, -0.2) is 0 Å². The lowest BCUT2D eigenvalue weighted by molar-refractivity contribution is 0.122. The molecule has 14 heavy (non-hydrogen) atoms. The van der Waals surface area contributed by atoms with E-state index in [9.17, 15) is 5.11 Å². The molecular formula is C12H27NO. The summed E-state index contributed by atoms with van der Waals surface area (Å²) < 4.78 is 0. The Morgan fingerprint density at radius 1 is 1.14 bits per heavy atom. The predicted octanol–water partition coefficient (Wildman–Crippen LogP) is 2.69. The highest BCUT2D eigenvalue weighted by molar-refractivity contribution is 4.72. The summed E-state index contributed by atoms with van der Waals surface area (Å²) in [5, 5.41) is 9.74. The zero-order valence-corrected chi connectivity index (χ0v) is 10.00. The number of rotatable bonds is 8. The molecule has 0 spiro atoms. The van der Waals surface area contributed by atoms with Crippen molar-refractivity contribution in [3.63, 3.8) is 0 Å². The Bertz CT molecular complexity index is 125. The Kier molecular flexibility index (Phi) is 8.20. The highest BCUT2D eigenvalue weighted by atomic mass is 16.3. The van der Waals surface area contributed by atoms with Crippen molar-refractivity contribution >= 4 is 0 Å². The van der Waals surface area contributed by atoms with Gasteiger partial charge in [-0.15, -0.1) is 0 Å². The van der Waals surface area contributed by atoms with Gasteiger partial charge >= 0.3 is 0 Å². The molecule has 86 valence electrons. The minimum Gasteiger partial charge on any atom is -0.392 e. The van der Waals surface area contributed by atoms with Crippen LogP contribution in [-0.2, 0) is 0 Å². The van der Waals surface area contributed by atoms with Gasteiger partial charge < -0.3 is 10.8 Å². The molecule has 0 saturated carbocycles. The summed E-state index contributed by atoms with van der Waals surface area (Å²) in [7, 11) is 0. The SMILES string of the molecule is CCCCCCC(O)[C@@H](N)CC(C)C. The van der Waals surface area contributed by atoms with E-state index in [1.165, 1.54) is 19.3 Å². The molecule has 0 aliphatic rings. The van der Waals surface area contributed by atoms with Crippen molar-refractivity contribution in [3.8, 4) is 0 Å². The van der Waals surface area contributed by atoms with Crippen LogP contribution in [0.3, 0.4) is 0 Å². The molecule has 0 aliphatic carbocycles. The molecule has 1 unspecified atom stereocenters. The van der Waals surface area contributed by atoms with Crippen LogP contribution in [0.4, 0.5) is 0 Å². The molecule has 3 N–H and O–H groups in total. The normalized spacial score (nSPS) is 15.9. The van der Waals surface area contributed by atoms with E-state index >= 15 is 0 Å². The molecule has 0 aromatic heterocycles. The van der Waals surface area contributed by atoms with Crippen LogP contribution in [0.2, 0.25) is 0 Å². The fourth-order valence-electron chi connectivity index (χ4n) is 1.70. The van der Waals surface area contributed by atoms with Gasteiger partial charge in [-0.05, 0) is 18.8 Å². The Labute approximate surface area is 88.9 Å². The van der Waals surface area contributed by atoms with Crippen molar-refractivity contribution < 1.29 is 5.11 Å². The van der Waals surface area contributed by atoms with Crippen molar-refractivity contribution in [3.05, 3.63) is 0 Å². The van der Waals surface area contributed by atoms with E-state index in [0.717, 1.165) is 19.3 Å². The summed E-state index contributed by atoms with van der Waals surface area (Å²) in [6.07, 6.45) is 6.35. The van der Waals surface area contributed by atoms with Crippen LogP contribution < -0.4 is 5.73 Å². The first-order chi connectivity index (χ1) is 6.57. The lowest BCUT2D eigenvalue weighted by atomic mass is 9.96. The molecule has 0 amide bonds. The van der Waals surface area contributed by atoms with Crippen molar-refractivity contribution in [1.29, 1.82) is 0 Å². The number of hydrogen-bond acceptors (Lipinski definition) is 2. The fourth-order valence-corrected chi connectivity index (χ4v) is 1.70. The summed E-state index contributed by atoms with van der Waals surface area (Å²) in [6.45, 7) is 6.48. The molecule has 0 saturated heterocycles. The van der Waals surface area contributed by atoms with Gasteiger partial charge in [0.2, 0.25) is 0 Å². The molecule has 2 heteroatoms. The van der Waals surface area contributed by atoms with E-state index in [1.54, 1.807) is 0 Å². The number of hydrogen-bond donors (Lipinski definition) is 2. The monoisotopic (exact) mass is 201 g/mol. The standard InChI is InChI=1S/C12H27NO/c1-4-5-6-7-8-12(14)11(13)9-10(2)3/h10-12,14H,4-9,13H2,1-3H3/t11-,12?/m0/s1. The van der Waals surface area contributed by atoms with Crippen LogP contribution in [0.15, 0.2) is 0 Å². The first kappa shape index (κ1) is 13.9. The maximum absolute atomic E-state index is 9.74. The maximum atomic E-state index is 9.74. The quantitative estimate of drug-likeness (QED) is 0.593. The first-order valence-corrected chi connectivity index (χ1v) is 6.01. The second kappa shape index (κ2) is 8.25. The Morgan fingerprint density at radius 3 is 2.29 bits per heavy atom. The summed E-state index contributed by atoms with van der Waals surface area (Å²) in [6, 6.07) is -0.0309. The maximum Gasteiger partial charge on any atom is 0.0691 e. The topological polar surface area (TPSA) is 46.2 Å². The first-order valence-electron chi connectivity index (χ1n) is 6.01. The Hall–Kier alpha value is -0.0800. The van der Waals surface area contributed by atoms with Crippen molar-refractivity contribution in [2.24, 2.45) is 11.7 Å². The third kappa shape index (κ3) is 7.34. The minimum atomic E-state index is -0.297. The van der Waals surface area contributed by atoms with Crippen molar-refractivity contribution in [2.45, 2.75) is 71.4 Å². The largest absolute Gasteiger partial charge is 0.392 e. The summed E-state index contributed by atoms with van der Waals surface area (Å²) in [5.74, 6) is 0.579. The molecular weight excluding hydrogens is 174 g/mol. The van der Waals surface area contributed by atoms with E-state index in [2.05, 4.69) is 20.8 Å². The molecule has 2 nitrogen and oxygen atoms in total. The third-order valence-electron chi connectivity index (χ3n) is 2.59. The van der Waals surface area contributed by atoms with Crippen LogP contribution in [-0.4, -0.2) is 17.3 Å². The molecule has 2 atom stereocenters. The zero-order valence-electron chi connectivity index (χ0n) is 10.00. The van der Waals surface area contributed by atoms with Crippen molar-refractivity contribution in [2.75, 3.05) is 0 Å². The second-order valence-corrected chi connectivity index (χ2v) is 4.71. The third-order valence-corrected chi connectivity index (χ3v) is 2.59. The average Bonchev–Trinajstić information content (AvgIpc) is 2.11. The molecule has 0 aliphatic heterocycles. The summed E-state index contributed by atoms with van der Waals surface area (Å²) in [5.41, 5.74) is 5.88. The lowest BCUT2D eigenvalue weighted by Crippen LogP contribution is -2.35. The van der Waals surface area contributed by atoms with E-state index in [1.807, 2.05) is 0 Å². The van der Waals surface area contributed by atoms with E-state index in [-0.39, 0.29) is 12.1 Å². The average molecular weight is 201 g/mol. The number of aliphatic hydroxyl groups excluding tert-OH is 1. The van der Waals surface area contributed by atoms with Crippen molar-refractivity contribution in [1.82, 2.24) is 0 Å². The highest BCUT2D eigenvalue weighted by Crippen LogP contribution is 2.12. The van der Waals surface area contributed by atoms with Gasteiger partial charge in [-0.3, -0.25) is 0 Å². The zero-order chi connectivity index (χ0) is 11.0. The fraction of sp³-hybridized carbons (Fsp3) is 1.00. The van der Waals surface area contributed by atoms with Gasteiger partial charge in [0.1, 0.15) is 0 Å². The number of unbranched alkanes of at least 4 members (excludes halogenated alkanes) is 3. The molecule has 0 heterocycles. The second-order valence-electron chi connectivity index (χ2n) is 4.71. The molecule has 0 fully saturated rings. The van der Waals surface area contributed by atoms with Crippen LogP contribution in [0.5, 0.6) is 0 Å². The highest BCUT2D eigenvalue weighted by Gasteiger charge is 2.15. The summed E-state index contributed by atoms with van der Waals surface area (Å²) in [4.78, 5) is 0. The molecule has 0 radical (unpaired) electrons. The van der Waals surface area contributed by atoms with E-state index < -0.39 is 0 Å². The van der Waals surface area contributed by atoms with Crippen LogP contribution >= 0.6 is 0 Å². The smallest absolute Gasteiger partial charge is 0.0691 e. The summed E-state index contributed by atoms with van der Waals surface area (Å²) >= 11 is 0. The minimum absolute atomic E-state index is 0.0309. The van der Waals surface area contributed by atoms with Gasteiger partial charge in [0.15, 0.2) is 0 Å². The molecule has 0 bridgehead atoms. The van der Waals surface area contributed by atoms with E-state index in [4.69, 9.17) is 5.73 Å². The van der Waals surface area contributed by atoms with Gasteiger partial charge in [0.25, 0.3) is 0 Å². The Morgan fingerprint density at radius 2 is 1.79 bits per heavy atom. The number of aliphatic hydroxyl groups is 1. The van der Waals surface area contributed by atoms with E-state index in [0.29, 0.717) is 5.92 Å².